The van der Waals surface area contributed by atoms with Crippen molar-refractivity contribution < 1.29 is 18.7 Å². The summed E-state index contributed by atoms with van der Waals surface area (Å²) in [5.74, 6) is 0.651. The second-order valence-electron chi connectivity index (χ2n) is 5.92. The van der Waals surface area contributed by atoms with E-state index in [-0.39, 0.29) is 12.0 Å². The molecule has 134 valence electrons. The first-order valence-electron chi connectivity index (χ1n) is 8.20. The second kappa shape index (κ2) is 8.16. The Morgan fingerprint density at radius 3 is 2.60 bits per heavy atom. The predicted octanol–water partition coefficient (Wildman–Crippen LogP) is 4.74. The van der Waals surface area contributed by atoms with Crippen LogP contribution in [0.25, 0.3) is 6.08 Å². The molecule has 0 aliphatic rings. The minimum atomic E-state index is -0.405. The van der Waals surface area contributed by atoms with Crippen molar-refractivity contribution in [2.45, 2.75) is 47.1 Å². The molecule has 2 rings (SSSR count). The van der Waals surface area contributed by atoms with Crippen molar-refractivity contribution in [3.05, 3.63) is 45.7 Å². The summed E-state index contributed by atoms with van der Waals surface area (Å²) in [5, 5.41) is 3.31. The summed E-state index contributed by atoms with van der Waals surface area (Å²) >= 11 is 1.38. The van der Waals surface area contributed by atoms with Gasteiger partial charge in [0, 0.05) is 11.0 Å². The summed E-state index contributed by atoms with van der Waals surface area (Å²) in [6, 6.07) is 3.61. The zero-order valence-electron chi connectivity index (χ0n) is 15.1. The van der Waals surface area contributed by atoms with E-state index in [9.17, 15) is 9.59 Å². The summed E-state index contributed by atoms with van der Waals surface area (Å²) in [5.41, 5.74) is 1.37. The molecule has 25 heavy (non-hydrogen) atoms. The maximum absolute atomic E-state index is 12.4. The SMILES string of the molecule is CCc1c(C)sc(NC(=O)/C=C/c2ccc(C)o2)c1C(=O)OC(C)C. The van der Waals surface area contributed by atoms with Crippen LogP contribution < -0.4 is 5.32 Å². The molecular weight excluding hydrogens is 338 g/mol. The average Bonchev–Trinajstić information content (AvgIpc) is 3.07. The molecule has 0 fully saturated rings. The number of carbonyl (C=O) groups excluding carboxylic acids is 2. The first-order chi connectivity index (χ1) is 11.8. The van der Waals surface area contributed by atoms with E-state index in [4.69, 9.17) is 9.15 Å². The van der Waals surface area contributed by atoms with Crippen LogP contribution in [0.1, 0.15) is 53.1 Å². The Labute approximate surface area is 151 Å². The molecule has 2 aromatic heterocycles. The Balaban J connectivity index is 2.22. The van der Waals surface area contributed by atoms with Crippen molar-refractivity contribution in [1.29, 1.82) is 0 Å². The van der Waals surface area contributed by atoms with Gasteiger partial charge >= 0.3 is 5.97 Å². The van der Waals surface area contributed by atoms with E-state index < -0.39 is 5.97 Å². The lowest BCUT2D eigenvalue weighted by molar-refractivity contribution is -0.111. The van der Waals surface area contributed by atoms with Gasteiger partial charge in [-0.15, -0.1) is 11.3 Å². The van der Waals surface area contributed by atoms with Gasteiger partial charge in [0.2, 0.25) is 5.91 Å². The van der Waals surface area contributed by atoms with Gasteiger partial charge in [-0.25, -0.2) is 4.79 Å². The fourth-order valence-corrected chi connectivity index (χ4v) is 3.57. The molecule has 5 nitrogen and oxygen atoms in total. The van der Waals surface area contributed by atoms with Crippen LogP contribution in [0.3, 0.4) is 0 Å². The topological polar surface area (TPSA) is 68.5 Å². The van der Waals surface area contributed by atoms with Crippen molar-refractivity contribution in [3.63, 3.8) is 0 Å². The summed E-state index contributed by atoms with van der Waals surface area (Å²) in [7, 11) is 0. The van der Waals surface area contributed by atoms with Crippen LogP contribution in [0.5, 0.6) is 0 Å². The van der Waals surface area contributed by atoms with E-state index in [1.165, 1.54) is 17.4 Å². The van der Waals surface area contributed by atoms with Gasteiger partial charge in [0.05, 0.1) is 11.7 Å². The summed E-state index contributed by atoms with van der Waals surface area (Å²) in [4.78, 5) is 25.6. The maximum Gasteiger partial charge on any atom is 0.341 e. The zero-order chi connectivity index (χ0) is 18.6. The van der Waals surface area contributed by atoms with Crippen LogP contribution in [-0.4, -0.2) is 18.0 Å². The zero-order valence-corrected chi connectivity index (χ0v) is 16.0. The molecule has 2 aromatic rings. The third-order valence-corrected chi connectivity index (χ3v) is 4.57. The number of hydrogen-bond acceptors (Lipinski definition) is 5. The van der Waals surface area contributed by atoms with Crippen LogP contribution in [-0.2, 0) is 16.0 Å². The molecule has 0 aromatic carbocycles. The van der Waals surface area contributed by atoms with E-state index in [1.54, 1.807) is 26.0 Å². The first kappa shape index (κ1) is 19.0. The van der Waals surface area contributed by atoms with E-state index >= 15 is 0 Å². The third-order valence-electron chi connectivity index (χ3n) is 3.51. The first-order valence-corrected chi connectivity index (χ1v) is 9.02. The van der Waals surface area contributed by atoms with Crippen molar-refractivity contribution >= 4 is 34.3 Å². The minimum Gasteiger partial charge on any atom is -0.462 e. The van der Waals surface area contributed by atoms with Gasteiger partial charge in [-0.1, -0.05) is 6.92 Å². The molecule has 0 radical (unpaired) electrons. The van der Waals surface area contributed by atoms with Gasteiger partial charge in [0.15, 0.2) is 0 Å². The molecule has 0 unspecified atom stereocenters. The summed E-state index contributed by atoms with van der Waals surface area (Å²) in [6.45, 7) is 9.35. The highest BCUT2D eigenvalue weighted by Crippen LogP contribution is 2.34. The molecular formula is C19H23NO4S. The Kier molecular flexibility index (Phi) is 6.20. The second-order valence-corrected chi connectivity index (χ2v) is 7.14. The van der Waals surface area contributed by atoms with Crippen LogP contribution in [0.15, 0.2) is 22.6 Å². The van der Waals surface area contributed by atoms with Gasteiger partial charge in [-0.2, -0.15) is 0 Å². The normalized spacial score (nSPS) is 11.3. The highest BCUT2D eigenvalue weighted by molar-refractivity contribution is 7.16. The fraction of sp³-hybridized carbons (Fsp3) is 0.368. The van der Waals surface area contributed by atoms with E-state index in [1.807, 2.05) is 26.8 Å². The van der Waals surface area contributed by atoms with Gasteiger partial charge in [-0.3, -0.25) is 4.79 Å². The molecule has 2 heterocycles. The number of ether oxygens (including phenoxy) is 1. The number of aryl methyl sites for hydroxylation is 2. The Hall–Kier alpha value is -2.34. The van der Waals surface area contributed by atoms with Crippen LogP contribution in [0.4, 0.5) is 5.00 Å². The molecule has 0 aliphatic heterocycles. The van der Waals surface area contributed by atoms with Gasteiger partial charge in [-0.05, 0) is 57.9 Å². The number of nitrogens with one attached hydrogen (secondary N) is 1. The lowest BCUT2D eigenvalue weighted by Gasteiger charge is -2.10. The summed E-state index contributed by atoms with van der Waals surface area (Å²) in [6.07, 6.45) is 3.46. The molecule has 0 atom stereocenters. The lowest BCUT2D eigenvalue weighted by Crippen LogP contribution is -2.16. The molecule has 1 N–H and O–H groups in total. The molecule has 0 saturated heterocycles. The molecule has 6 heteroatoms. The average molecular weight is 361 g/mol. The molecule has 0 saturated carbocycles. The van der Waals surface area contributed by atoms with Crippen molar-refractivity contribution in [1.82, 2.24) is 0 Å². The fourth-order valence-electron chi connectivity index (χ4n) is 2.44. The number of thiophene rings is 1. The van der Waals surface area contributed by atoms with Crippen LogP contribution in [0, 0.1) is 13.8 Å². The minimum absolute atomic E-state index is 0.219. The van der Waals surface area contributed by atoms with Crippen molar-refractivity contribution in [3.8, 4) is 0 Å². The number of amides is 1. The van der Waals surface area contributed by atoms with Gasteiger partial charge < -0.3 is 14.5 Å². The molecule has 1 amide bonds. The Morgan fingerprint density at radius 1 is 1.32 bits per heavy atom. The summed E-state index contributed by atoms with van der Waals surface area (Å²) < 4.78 is 10.7. The standard InChI is InChI=1S/C19H23NO4S/c1-6-15-13(5)25-18(17(15)19(22)23-11(2)3)20-16(21)10-9-14-8-7-12(4)24-14/h7-11H,6H2,1-5H3,(H,20,21)/b10-9+. The van der Waals surface area contributed by atoms with Crippen LogP contribution in [0.2, 0.25) is 0 Å². The molecule has 0 bridgehead atoms. The number of esters is 1. The third kappa shape index (κ3) is 4.82. The van der Waals surface area contributed by atoms with Crippen molar-refractivity contribution in [2.24, 2.45) is 0 Å². The lowest BCUT2D eigenvalue weighted by atomic mass is 10.1. The monoisotopic (exact) mass is 361 g/mol. The quantitative estimate of drug-likeness (QED) is 0.596. The number of carbonyl (C=O) groups is 2. The molecule has 0 aliphatic carbocycles. The van der Waals surface area contributed by atoms with Crippen molar-refractivity contribution in [2.75, 3.05) is 5.32 Å². The smallest absolute Gasteiger partial charge is 0.341 e. The number of rotatable bonds is 6. The number of hydrogen-bond donors (Lipinski definition) is 1. The highest BCUT2D eigenvalue weighted by Gasteiger charge is 2.23. The van der Waals surface area contributed by atoms with E-state index in [2.05, 4.69) is 5.32 Å². The van der Waals surface area contributed by atoms with Gasteiger partial charge in [0.25, 0.3) is 0 Å². The van der Waals surface area contributed by atoms with Gasteiger partial charge in [0.1, 0.15) is 16.5 Å². The van der Waals surface area contributed by atoms with E-state index in [0.29, 0.717) is 22.7 Å². The largest absolute Gasteiger partial charge is 0.462 e. The predicted molar refractivity (Wildman–Crippen MR) is 100 cm³/mol. The Morgan fingerprint density at radius 2 is 2.04 bits per heavy atom. The molecule has 0 spiro atoms. The maximum atomic E-state index is 12.4. The van der Waals surface area contributed by atoms with Crippen LogP contribution >= 0.6 is 11.3 Å². The Bertz CT molecular complexity index is 798. The number of anilines is 1. The van der Waals surface area contributed by atoms with E-state index in [0.717, 1.165) is 16.2 Å². The highest BCUT2D eigenvalue weighted by atomic mass is 32.1. The number of furan rings is 1.